The molecule has 0 unspecified atom stereocenters. The van der Waals surface area contributed by atoms with E-state index in [0.717, 1.165) is 21.9 Å². The van der Waals surface area contributed by atoms with Crippen molar-refractivity contribution in [2.24, 2.45) is 7.05 Å². The number of rotatable bonds is 2. The first-order chi connectivity index (χ1) is 12.0. The van der Waals surface area contributed by atoms with Gasteiger partial charge in [-0.25, -0.2) is 4.79 Å². The van der Waals surface area contributed by atoms with E-state index in [9.17, 15) is 9.59 Å². The molecule has 0 radical (unpaired) electrons. The van der Waals surface area contributed by atoms with E-state index < -0.39 is 11.5 Å². The lowest BCUT2D eigenvalue weighted by molar-refractivity contribution is 0.102. The van der Waals surface area contributed by atoms with E-state index in [4.69, 9.17) is 4.42 Å². The number of nitrogens with one attached hydrogen (secondary N) is 1. The van der Waals surface area contributed by atoms with Crippen LogP contribution in [0.25, 0.3) is 21.7 Å². The zero-order valence-corrected chi connectivity index (χ0v) is 13.7. The Morgan fingerprint density at radius 2 is 1.92 bits per heavy atom. The van der Waals surface area contributed by atoms with Crippen LogP contribution in [0.3, 0.4) is 0 Å². The fourth-order valence-electron chi connectivity index (χ4n) is 2.94. The summed E-state index contributed by atoms with van der Waals surface area (Å²) in [6.45, 7) is 1.83. The van der Waals surface area contributed by atoms with Crippen molar-refractivity contribution in [1.29, 1.82) is 0 Å². The van der Waals surface area contributed by atoms with Gasteiger partial charge < -0.3 is 9.73 Å². The molecule has 1 amide bonds. The molecule has 0 atom stereocenters. The van der Waals surface area contributed by atoms with Crippen molar-refractivity contribution in [3.05, 3.63) is 70.2 Å². The molecule has 0 bridgehead atoms. The fourth-order valence-corrected chi connectivity index (χ4v) is 2.94. The van der Waals surface area contributed by atoms with E-state index in [0.29, 0.717) is 11.4 Å². The first-order valence-electron chi connectivity index (χ1n) is 7.80. The maximum atomic E-state index is 12.6. The molecule has 2 heterocycles. The lowest BCUT2D eigenvalue weighted by Gasteiger charge is -2.07. The summed E-state index contributed by atoms with van der Waals surface area (Å²) >= 11 is 0. The minimum absolute atomic E-state index is 0.0392. The molecule has 4 aromatic rings. The predicted octanol–water partition coefficient (Wildman–Crippen LogP) is 3.24. The van der Waals surface area contributed by atoms with Crippen molar-refractivity contribution in [1.82, 2.24) is 9.78 Å². The molecule has 0 saturated carbocycles. The first-order valence-corrected chi connectivity index (χ1v) is 7.80. The van der Waals surface area contributed by atoms with Crippen molar-refractivity contribution >= 4 is 33.5 Å². The molecule has 0 fully saturated rings. The summed E-state index contributed by atoms with van der Waals surface area (Å²) in [6.07, 6.45) is 0. The van der Waals surface area contributed by atoms with Gasteiger partial charge in [-0.05, 0) is 29.8 Å². The molecule has 2 aromatic carbocycles. The van der Waals surface area contributed by atoms with Gasteiger partial charge in [0, 0.05) is 18.5 Å². The second-order valence-electron chi connectivity index (χ2n) is 5.89. The van der Waals surface area contributed by atoms with Crippen molar-refractivity contribution in [2.75, 3.05) is 5.32 Å². The average molecular weight is 333 g/mol. The van der Waals surface area contributed by atoms with Crippen LogP contribution in [0.2, 0.25) is 0 Å². The molecule has 6 heteroatoms. The standard InChI is InChI=1S/C19H15N3O3/c1-11-9-17(22(2)21-11)20-18(23)15-10-14-13-6-4-3-5-12(13)7-8-16(14)25-19(15)24/h3-10H,1-2H3,(H,20,23). The minimum atomic E-state index is -0.667. The summed E-state index contributed by atoms with van der Waals surface area (Å²) in [5, 5.41) is 9.54. The topological polar surface area (TPSA) is 77.1 Å². The van der Waals surface area contributed by atoms with Gasteiger partial charge in [0.25, 0.3) is 5.91 Å². The summed E-state index contributed by atoms with van der Waals surface area (Å²) in [6, 6.07) is 14.7. The van der Waals surface area contributed by atoms with E-state index >= 15 is 0 Å². The lowest BCUT2D eigenvalue weighted by Crippen LogP contribution is -2.21. The van der Waals surface area contributed by atoms with Gasteiger partial charge in [0.2, 0.25) is 0 Å². The van der Waals surface area contributed by atoms with Crippen LogP contribution in [0, 0.1) is 6.92 Å². The predicted molar refractivity (Wildman–Crippen MR) is 95.9 cm³/mol. The highest BCUT2D eigenvalue weighted by molar-refractivity contribution is 6.10. The van der Waals surface area contributed by atoms with Crippen LogP contribution in [0.4, 0.5) is 5.82 Å². The first kappa shape index (κ1) is 15.1. The number of benzene rings is 2. The van der Waals surface area contributed by atoms with Crippen LogP contribution in [0.15, 0.2) is 57.7 Å². The van der Waals surface area contributed by atoms with Gasteiger partial charge in [-0.15, -0.1) is 0 Å². The molecule has 2 aromatic heterocycles. The molecule has 6 nitrogen and oxygen atoms in total. The Hall–Kier alpha value is -3.41. The number of carbonyl (C=O) groups excluding carboxylic acids is 1. The molecule has 4 rings (SSSR count). The average Bonchev–Trinajstić information content (AvgIpc) is 2.91. The molecule has 0 saturated heterocycles. The second-order valence-corrected chi connectivity index (χ2v) is 5.89. The number of fused-ring (bicyclic) bond motifs is 3. The van der Waals surface area contributed by atoms with Crippen LogP contribution >= 0.6 is 0 Å². The highest BCUT2D eigenvalue weighted by Gasteiger charge is 2.16. The van der Waals surface area contributed by atoms with Crippen molar-refractivity contribution in [2.45, 2.75) is 6.92 Å². The summed E-state index contributed by atoms with van der Waals surface area (Å²) in [5.74, 6) is -0.00787. The quantitative estimate of drug-likeness (QED) is 0.451. The second kappa shape index (κ2) is 5.59. The third kappa shape index (κ3) is 2.57. The molecule has 1 N–H and O–H groups in total. The summed E-state index contributed by atoms with van der Waals surface area (Å²) in [7, 11) is 1.72. The molecule has 0 aliphatic heterocycles. The minimum Gasteiger partial charge on any atom is -0.422 e. The number of hydrogen-bond donors (Lipinski definition) is 1. The molecular weight excluding hydrogens is 318 g/mol. The van der Waals surface area contributed by atoms with Gasteiger partial charge in [-0.1, -0.05) is 30.3 Å². The van der Waals surface area contributed by atoms with E-state index in [-0.39, 0.29) is 5.56 Å². The maximum absolute atomic E-state index is 12.6. The van der Waals surface area contributed by atoms with Gasteiger partial charge in [0.15, 0.2) is 0 Å². The zero-order chi connectivity index (χ0) is 17.6. The number of amides is 1. The normalized spacial score (nSPS) is 11.1. The van der Waals surface area contributed by atoms with Crippen LogP contribution < -0.4 is 10.9 Å². The maximum Gasteiger partial charge on any atom is 0.349 e. The number of aryl methyl sites for hydroxylation is 2. The van der Waals surface area contributed by atoms with Gasteiger partial charge >= 0.3 is 5.63 Å². The Balaban J connectivity index is 1.85. The third-order valence-electron chi connectivity index (χ3n) is 4.13. The van der Waals surface area contributed by atoms with E-state index in [2.05, 4.69) is 10.4 Å². The number of anilines is 1. The van der Waals surface area contributed by atoms with Gasteiger partial charge in [-0.2, -0.15) is 5.10 Å². The van der Waals surface area contributed by atoms with Gasteiger partial charge in [-0.3, -0.25) is 9.48 Å². The molecule has 0 aliphatic carbocycles. The van der Waals surface area contributed by atoms with Crippen LogP contribution in [0.1, 0.15) is 16.1 Å². The molecule has 25 heavy (non-hydrogen) atoms. The molecular formula is C19H15N3O3. The van der Waals surface area contributed by atoms with Gasteiger partial charge in [0.05, 0.1) is 5.69 Å². The van der Waals surface area contributed by atoms with Gasteiger partial charge in [0.1, 0.15) is 17.0 Å². The van der Waals surface area contributed by atoms with E-state index in [1.807, 2.05) is 37.3 Å². The highest BCUT2D eigenvalue weighted by Crippen LogP contribution is 2.25. The smallest absolute Gasteiger partial charge is 0.349 e. The molecule has 124 valence electrons. The Morgan fingerprint density at radius 1 is 1.12 bits per heavy atom. The Morgan fingerprint density at radius 3 is 2.68 bits per heavy atom. The Bertz CT molecular complexity index is 1190. The molecule has 0 aliphatic rings. The summed E-state index contributed by atoms with van der Waals surface area (Å²) in [5.41, 5.74) is 0.521. The van der Waals surface area contributed by atoms with Crippen LogP contribution in [-0.4, -0.2) is 15.7 Å². The SMILES string of the molecule is Cc1cc(NC(=O)c2cc3c(ccc4ccccc43)oc2=O)n(C)n1. The number of carbonyl (C=O) groups is 1. The lowest BCUT2D eigenvalue weighted by atomic mass is 10.0. The van der Waals surface area contributed by atoms with Crippen LogP contribution in [0.5, 0.6) is 0 Å². The van der Waals surface area contributed by atoms with Crippen molar-refractivity contribution < 1.29 is 9.21 Å². The van der Waals surface area contributed by atoms with E-state index in [1.165, 1.54) is 0 Å². The largest absolute Gasteiger partial charge is 0.422 e. The monoisotopic (exact) mass is 333 g/mol. The van der Waals surface area contributed by atoms with E-state index in [1.54, 1.807) is 29.9 Å². The number of aromatic nitrogens is 2. The highest BCUT2D eigenvalue weighted by atomic mass is 16.4. The zero-order valence-electron chi connectivity index (χ0n) is 13.7. The summed E-state index contributed by atoms with van der Waals surface area (Å²) < 4.78 is 6.90. The molecule has 0 spiro atoms. The van der Waals surface area contributed by atoms with Crippen molar-refractivity contribution in [3.63, 3.8) is 0 Å². The van der Waals surface area contributed by atoms with Crippen molar-refractivity contribution in [3.8, 4) is 0 Å². The Labute approximate surface area is 142 Å². The van der Waals surface area contributed by atoms with Crippen LogP contribution in [-0.2, 0) is 7.05 Å². The Kier molecular flexibility index (Phi) is 3.39. The number of hydrogen-bond acceptors (Lipinski definition) is 4. The number of nitrogens with zero attached hydrogens (tertiary/aromatic N) is 2. The fraction of sp³-hybridized carbons (Fsp3) is 0.105. The third-order valence-corrected chi connectivity index (χ3v) is 4.13. The summed E-state index contributed by atoms with van der Waals surface area (Å²) in [4.78, 5) is 24.8.